The van der Waals surface area contributed by atoms with E-state index < -0.39 is 23.4 Å². The summed E-state index contributed by atoms with van der Waals surface area (Å²) in [6.45, 7) is 5.88. The summed E-state index contributed by atoms with van der Waals surface area (Å²) in [4.78, 5) is 20.7. The standard InChI is InChI=1S/C22H23F3N8O2/c1-11(2)33-19-16(18(26)27-10-28-19)17(31-33)12-5-7-13(8-6-12)29-20(34)30-15-9-14(35-32-15)21(3,4)22(23,24)25/h5-11H,1-4H3,(H2,26,27,28)(H2,29,30,32,34). The highest BCUT2D eigenvalue weighted by Gasteiger charge is 2.51. The maximum atomic E-state index is 13.2. The van der Waals surface area contributed by atoms with Crippen molar-refractivity contribution in [2.45, 2.75) is 45.3 Å². The Morgan fingerprint density at radius 2 is 1.80 bits per heavy atom. The van der Waals surface area contributed by atoms with Crippen LogP contribution >= 0.6 is 0 Å². The fourth-order valence-electron chi connectivity index (χ4n) is 3.32. The number of urea groups is 1. The van der Waals surface area contributed by atoms with Gasteiger partial charge >= 0.3 is 12.2 Å². The van der Waals surface area contributed by atoms with Crippen molar-refractivity contribution in [2.75, 3.05) is 16.4 Å². The molecule has 0 spiro atoms. The SMILES string of the molecule is CC(C)n1nc(-c2ccc(NC(=O)Nc3cc(C(C)(C)C(F)(F)F)on3)cc2)c2c(N)ncnc21. The number of carbonyl (C=O) groups excluding carboxylic acids is 1. The predicted molar refractivity (Wildman–Crippen MR) is 124 cm³/mol. The molecule has 13 heteroatoms. The second-order valence-electron chi connectivity index (χ2n) is 8.70. The Labute approximate surface area is 197 Å². The molecule has 1 aromatic carbocycles. The number of fused-ring (bicyclic) bond motifs is 1. The Hall–Kier alpha value is -4.16. The second-order valence-corrected chi connectivity index (χ2v) is 8.70. The summed E-state index contributed by atoms with van der Waals surface area (Å²) in [5.74, 6) is -0.257. The number of nitrogen functional groups attached to an aromatic ring is 1. The van der Waals surface area contributed by atoms with Crippen molar-refractivity contribution >= 4 is 34.4 Å². The minimum Gasteiger partial charge on any atom is -0.383 e. The van der Waals surface area contributed by atoms with E-state index in [1.54, 1.807) is 28.9 Å². The first kappa shape index (κ1) is 24.0. The van der Waals surface area contributed by atoms with Gasteiger partial charge in [-0.25, -0.2) is 19.4 Å². The van der Waals surface area contributed by atoms with Crippen molar-refractivity contribution < 1.29 is 22.5 Å². The molecule has 0 aliphatic heterocycles. The Bertz CT molecular complexity index is 1370. The molecule has 4 N–H and O–H groups in total. The molecule has 10 nitrogen and oxygen atoms in total. The van der Waals surface area contributed by atoms with Gasteiger partial charge in [0.1, 0.15) is 23.3 Å². The molecule has 0 unspecified atom stereocenters. The minimum atomic E-state index is -4.54. The molecule has 3 aromatic heterocycles. The van der Waals surface area contributed by atoms with Gasteiger partial charge in [0.25, 0.3) is 0 Å². The third kappa shape index (κ3) is 4.48. The van der Waals surface area contributed by atoms with Gasteiger partial charge in [0.05, 0.1) is 5.39 Å². The molecule has 0 aliphatic rings. The lowest BCUT2D eigenvalue weighted by atomic mass is 9.89. The summed E-state index contributed by atoms with van der Waals surface area (Å²) >= 11 is 0. The van der Waals surface area contributed by atoms with Crippen molar-refractivity contribution in [3.8, 4) is 11.3 Å². The number of alkyl halides is 3. The van der Waals surface area contributed by atoms with E-state index in [0.717, 1.165) is 25.5 Å². The van der Waals surface area contributed by atoms with E-state index in [9.17, 15) is 18.0 Å². The molecule has 0 radical (unpaired) electrons. The maximum Gasteiger partial charge on any atom is 0.401 e. The van der Waals surface area contributed by atoms with Crippen LogP contribution in [0.25, 0.3) is 22.3 Å². The van der Waals surface area contributed by atoms with Crippen LogP contribution in [0.3, 0.4) is 0 Å². The lowest BCUT2D eigenvalue weighted by Gasteiger charge is -2.24. The van der Waals surface area contributed by atoms with Crippen molar-refractivity contribution in [3.05, 3.63) is 42.4 Å². The lowest BCUT2D eigenvalue weighted by Crippen LogP contribution is -2.35. The highest BCUT2D eigenvalue weighted by molar-refractivity contribution is 6.00. The zero-order valence-corrected chi connectivity index (χ0v) is 19.3. The summed E-state index contributed by atoms with van der Waals surface area (Å²) in [6.07, 6.45) is -3.16. The molecule has 0 bridgehead atoms. The summed E-state index contributed by atoms with van der Waals surface area (Å²) < 4.78 is 46.1. The van der Waals surface area contributed by atoms with Gasteiger partial charge in [-0.15, -0.1) is 0 Å². The number of benzene rings is 1. The third-order valence-corrected chi connectivity index (χ3v) is 5.50. The van der Waals surface area contributed by atoms with Gasteiger partial charge < -0.3 is 15.6 Å². The first-order valence-corrected chi connectivity index (χ1v) is 10.6. The van der Waals surface area contributed by atoms with Crippen LogP contribution in [0.2, 0.25) is 0 Å². The monoisotopic (exact) mass is 488 g/mol. The van der Waals surface area contributed by atoms with E-state index in [4.69, 9.17) is 10.3 Å². The van der Waals surface area contributed by atoms with Crippen LogP contribution in [0.5, 0.6) is 0 Å². The van der Waals surface area contributed by atoms with E-state index >= 15 is 0 Å². The van der Waals surface area contributed by atoms with Gasteiger partial charge in [0, 0.05) is 23.4 Å². The Morgan fingerprint density at radius 3 is 2.43 bits per heavy atom. The van der Waals surface area contributed by atoms with Crippen LogP contribution in [0.1, 0.15) is 39.5 Å². The number of hydrogen-bond donors (Lipinski definition) is 3. The number of nitrogens with one attached hydrogen (secondary N) is 2. The predicted octanol–water partition coefficient (Wildman–Crippen LogP) is 5.13. The summed E-state index contributed by atoms with van der Waals surface area (Å²) in [7, 11) is 0. The molecule has 0 aliphatic carbocycles. The molecule has 4 aromatic rings. The molecular weight excluding hydrogens is 465 g/mol. The normalized spacial score (nSPS) is 12.3. The van der Waals surface area contributed by atoms with Crippen LogP contribution in [0, 0.1) is 0 Å². The highest BCUT2D eigenvalue weighted by atomic mass is 19.4. The fraction of sp³-hybridized carbons (Fsp3) is 0.318. The van der Waals surface area contributed by atoms with Crippen LogP contribution < -0.4 is 16.4 Å². The Morgan fingerprint density at radius 1 is 1.11 bits per heavy atom. The number of halogens is 3. The van der Waals surface area contributed by atoms with Gasteiger partial charge in [0.15, 0.2) is 17.2 Å². The van der Waals surface area contributed by atoms with Crippen LogP contribution in [0.15, 0.2) is 41.2 Å². The summed E-state index contributed by atoms with van der Waals surface area (Å²) in [6, 6.07) is 7.17. The number of aromatic nitrogens is 5. The average Bonchev–Trinajstić information content (AvgIpc) is 3.39. The molecule has 3 heterocycles. The number of amides is 2. The number of rotatable bonds is 5. The van der Waals surface area contributed by atoms with E-state index in [0.29, 0.717) is 28.2 Å². The van der Waals surface area contributed by atoms with Gasteiger partial charge in [-0.1, -0.05) is 17.3 Å². The molecule has 0 atom stereocenters. The van der Waals surface area contributed by atoms with E-state index in [-0.39, 0.29) is 11.9 Å². The largest absolute Gasteiger partial charge is 0.401 e. The van der Waals surface area contributed by atoms with E-state index in [1.807, 2.05) is 13.8 Å². The molecule has 0 fully saturated rings. The molecule has 0 saturated heterocycles. The minimum absolute atomic E-state index is 0.0453. The number of hydrogen-bond acceptors (Lipinski definition) is 7. The lowest BCUT2D eigenvalue weighted by molar-refractivity contribution is -0.185. The van der Waals surface area contributed by atoms with Crippen molar-refractivity contribution in [2.24, 2.45) is 0 Å². The van der Waals surface area contributed by atoms with Gasteiger partial charge in [-0.2, -0.15) is 18.3 Å². The quantitative estimate of drug-likeness (QED) is 0.354. The second kappa shape index (κ2) is 8.56. The smallest absolute Gasteiger partial charge is 0.383 e. The topological polar surface area (TPSA) is 137 Å². The molecule has 2 amide bonds. The maximum absolute atomic E-state index is 13.2. The van der Waals surface area contributed by atoms with Crippen molar-refractivity contribution in [3.63, 3.8) is 0 Å². The average molecular weight is 488 g/mol. The van der Waals surface area contributed by atoms with E-state index in [2.05, 4.69) is 30.9 Å². The first-order valence-electron chi connectivity index (χ1n) is 10.6. The zero-order chi connectivity index (χ0) is 25.5. The number of nitrogens with zero attached hydrogens (tertiary/aromatic N) is 5. The third-order valence-electron chi connectivity index (χ3n) is 5.50. The van der Waals surface area contributed by atoms with E-state index in [1.165, 1.54) is 6.33 Å². The van der Waals surface area contributed by atoms with Crippen LogP contribution in [-0.4, -0.2) is 37.1 Å². The highest BCUT2D eigenvalue weighted by Crippen LogP contribution is 2.41. The van der Waals surface area contributed by atoms with Gasteiger partial charge in [-0.3, -0.25) is 5.32 Å². The number of carbonyl (C=O) groups is 1. The molecule has 4 rings (SSSR count). The first-order chi connectivity index (χ1) is 16.4. The van der Waals surface area contributed by atoms with Gasteiger partial charge in [0.2, 0.25) is 0 Å². The zero-order valence-electron chi connectivity index (χ0n) is 19.3. The van der Waals surface area contributed by atoms with Gasteiger partial charge in [-0.05, 0) is 39.8 Å². The molecular formula is C22H23F3N8O2. The summed E-state index contributed by atoms with van der Waals surface area (Å²) in [5.41, 5.74) is 6.21. The van der Waals surface area contributed by atoms with Crippen LogP contribution in [0.4, 0.5) is 35.3 Å². The van der Waals surface area contributed by atoms with Crippen LogP contribution in [-0.2, 0) is 5.41 Å². The van der Waals surface area contributed by atoms with Crippen molar-refractivity contribution in [1.29, 1.82) is 0 Å². The fourth-order valence-corrected chi connectivity index (χ4v) is 3.32. The number of nitrogens with two attached hydrogens (primary N) is 1. The number of anilines is 3. The Balaban J connectivity index is 1.50. The molecule has 184 valence electrons. The molecule has 35 heavy (non-hydrogen) atoms. The Kier molecular flexibility index (Phi) is 5.87. The molecule has 0 saturated carbocycles. The van der Waals surface area contributed by atoms with Crippen molar-refractivity contribution in [1.82, 2.24) is 24.9 Å². The summed E-state index contributed by atoms with van der Waals surface area (Å²) in [5, 5.41) is 13.7.